The van der Waals surface area contributed by atoms with Gasteiger partial charge >= 0.3 is 0 Å². The van der Waals surface area contributed by atoms with E-state index >= 15 is 0 Å². The summed E-state index contributed by atoms with van der Waals surface area (Å²) in [5.41, 5.74) is 2.03. The Morgan fingerprint density at radius 2 is 2.09 bits per heavy atom. The van der Waals surface area contributed by atoms with Gasteiger partial charge < -0.3 is 0 Å². The highest BCUT2D eigenvalue weighted by atomic mass is 79.9. The molecule has 0 bridgehead atoms. The Hall–Kier alpha value is -0.330. The smallest absolute Gasteiger partial charge is 0.160 e. The molecule has 0 spiro atoms. The van der Waals surface area contributed by atoms with Crippen molar-refractivity contribution < 1.29 is 4.79 Å². The van der Waals surface area contributed by atoms with E-state index in [1.54, 1.807) is 11.9 Å². The topological polar surface area (TPSA) is 29.1 Å². The van der Waals surface area contributed by atoms with E-state index in [2.05, 4.69) is 53.6 Å². The molecule has 118 valence electrons. The maximum Gasteiger partial charge on any atom is 0.160 e. The molecule has 1 N–H and O–H groups in total. The van der Waals surface area contributed by atoms with E-state index in [1.807, 2.05) is 18.2 Å². The summed E-state index contributed by atoms with van der Waals surface area (Å²) in [6.07, 6.45) is 0.842. The molecule has 1 aromatic carbocycles. The third-order valence-electron chi connectivity index (χ3n) is 2.82. The molecule has 22 heavy (non-hydrogen) atoms. The van der Waals surface area contributed by atoms with Crippen LogP contribution in [0.4, 0.5) is 0 Å². The monoisotopic (exact) mass is 417 g/mol. The number of thiophene rings is 1. The zero-order valence-electron chi connectivity index (χ0n) is 12.5. The molecule has 0 saturated heterocycles. The molecule has 1 aromatic heterocycles. The summed E-state index contributed by atoms with van der Waals surface area (Å²) >= 11 is 12.8. The van der Waals surface area contributed by atoms with Crippen molar-refractivity contribution in [2.75, 3.05) is 0 Å². The number of halogens is 2. The van der Waals surface area contributed by atoms with Gasteiger partial charge in [0, 0.05) is 14.8 Å². The molecule has 0 aliphatic carbocycles. The Morgan fingerprint density at radius 1 is 1.36 bits per heavy atom. The van der Waals surface area contributed by atoms with Gasteiger partial charge in [-0.1, -0.05) is 51.6 Å². The highest BCUT2D eigenvalue weighted by Gasteiger charge is 2.22. The van der Waals surface area contributed by atoms with Crippen LogP contribution in [0.5, 0.6) is 0 Å². The van der Waals surface area contributed by atoms with Crippen LogP contribution in [0.15, 0.2) is 34.8 Å². The first-order valence-corrected chi connectivity index (χ1v) is 9.54. The molecule has 1 heterocycles. The first-order chi connectivity index (χ1) is 10.3. The van der Waals surface area contributed by atoms with E-state index in [9.17, 15) is 4.79 Å². The van der Waals surface area contributed by atoms with Crippen LogP contribution in [0.25, 0.3) is 0 Å². The normalized spacial score (nSPS) is 13.1. The number of benzene rings is 1. The molecule has 0 fully saturated rings. The third kappa shape index (κ3) is 4.83. The number of carbonyl (C=O) groups excluding carboxylic acids is 1. The zero-order valence-corrected chi connectivity index (χ0v) is 16.5. The lowest BCUT2D eigenvalue weighted by molar-refractivity contribution is 0.112. The Kier molecular flexibility index (Phi) is 6.14. The Bertz CT molecular complexity index is 666. The van der Waals surface area contributed by atoms with Crippen LogP contribution in [0, 0.1) is 0 Å². The van der Waals surface area contributed by atoms with Crippen LogP contribution in [-0.2, 0) is 0 Å². The van der Waals surface area contributed by atoms with Crippen LogP contribution in [0.1, 0.15) is 47.6 Å². The Balaban J connectivity index is 2.40. The predicted octanol–water partition coefficient (Wildman–Crippen LogP) is 6.10. The van der Waals surface area contributed by atoms with Crippen molar-refractivity contribution in [1.29, 1.82) is 0 Å². The van der Waals surface area contributed by atoms with Crippen LogP contribution >= 0.6 is 50.8 Å². The second kappa shape index (κ2) is 7.49. The van der Waals surface area contributed by atoms with Crippen molar-refractivity contribution in [3.63, 3.8) is 0 Å². The van der Waals surface area contributed by atoms with Crippen molar-refractivity contribution in [3.05, 3.63) is 55.1 Å². The van der Waals surface area contributed by atoms with Gasteiger partial charge in [-0.05, 0) is 44.5 Å². The first-order valence-electron chi connectivity index (χ1n) is 6.73. The summed E-state index contributed by atoms with van der Waals surface area (Å²) in [6, 6.07) is 9.90. The Morgan fingerprint density at radius 3 is 2.64 bits per heavy atom. The molecule has 0 amide bonds. The summed E-state index contributed by atoms with van der Waals surface area (Å²) in [5.74, 6) is 0. The van der Waals surface area contributed by atoms with Crippen LogP contribution in [0.3, 0.4) is 0 Å². The fourth-order valence-corrected chi connectivity index (χ4v) is 4.21. The minimum Gasteiger partial charge on any atom is -0.297 e. The third-order valence-corrected chi connectivity index (χ3v) is 5.60. The fraction of sp³-hybridized carbons (Fsp3) is 0.312. The number of hydrogen-bond donors (Lipinski definition) is 1. The minimum absolute atomic E-state index is 0.0697. The quantitative estimate of drug-likeness (QED) is 0.469. The van der Waals surface area contributed by atoms with Gasteiger partial charge in [-0.15, -0.1) is 11.3 Å². The van der Waals surface area contributed by atoms with Gasteiger partial charge in [0.15, 0.2) is 6.29 Å². The molecule has 0 aliphatic rings. The predicted molar refractivity (Wildman–Crippen MR) is 101 cm³/mol. The molecule has 6 heteroatoms. The van der Waals surface area contributed by atoms with Gasteiger partial charge in [-0.2, -0.15) is 0 Å². The van der Waals surface area contributed by atoms with Crippen molar-refractivity contribution in [2.45, 2.75) is 31.6 Å². The minimum atomic E-state index is -0.0702. The van der Waals surface area contributed by atoms with Crippen LogP contribution < -0.4 is 4.72 Å². The number of hydrogen-bond acceptors (Lipinski definition) is 4. The molecule has 0 saturated carbocycles. The second-order valence-corrected chi connectivity index (χ2v) is 10.1. The van der Waals surface area contributed by atoms with E-state index in [4.69, 9.17) is 11.6 Å². The number of rotatable bonds is 5. The van der Waals surface area contributed by atoms with Crippen LogP contribution in [-0.4, -0.2) is 11.0 Å². The molecular formula is C16H17BrClNOS2. The lowest BCUT2D eigenvalue weighted by Crippen LogP contribution is -2.22. The standard InChI is InChI=1S/C16H17BrClNOS2/c1-16(2,3)22-19-14(10-5-4-6-11(17)7-10)13-8-12(9-20)21-15(13)18/h4-9,14,19H,1-3H3. The summed E-state index contributed by atoms with van der Waals surface area (Å²) in [4.78, 5) is 11.7. The average molecular weight is 419 g/mol. The lowest BCUT2D eigenvalue weighted by Gasteiger charge is -2.24. The largest absolute Gasteiger partial charge is 0.297 e. The van der Waals surface area contributed by atoms with Gasteiger partial charge in [0.1, 0.15) is 0 Å². The highest BCUT2D eigenvalue weighted by Crippen LogP contribution is 2.37. The summed E-state index contributed by atoms with van der Waals surface area (Å²) in [5, 5.41) is 0. The van der Waals surface area contributed by atoms with Crippen molar-refractivity contribution >= 4 is 57.1 Å². The van der Waals surface area contributed by atoms with Gasteiger partial charge in [0.25, 0.3) is 0 Å². The molecule has 2 aromatic rings. The molecule has 2 rings (SSSR count). The summed E-state index contributed by atoms with van der Waals surface area (Å²) < 4.78 is 5.23. The van der Waals surface area contributed by atoms with Gasteiger partial charge in [-0.3, -0.25) is 9.52 Å². The van der Waals surface area contributed by atoms with Crippen LogP contribution in [0.2, 0.25) is 4.34 Å². The summed E-state index contributed by atoms with van der Waals surface area (Å²) in [7, 11) is 0. The Labute approximate surface area is 152 Å². The molecular weight excluding hydrogens is 402 g/mol. The summed E-state index contributed by atoms with van der Waals surface area (Å²) in [6.45, 7) is 6.44. The maximum absolute atomic E-state index is 11.0. The molecule has 0 radical (unpaired) electrons. The molecule has 2 nitrogen and oxygen atoms in total. The zero-order chi connectivity index (χ0) is 16.3. The van der Waals surface area contributed by atoms with E-state index in [1.165, 1.54) is 11.3 Å². The van der Waals surface area contributed by atoms with Crippen molar-refractivity contribution in [3.8, 4) is 0 Å². The van der Waals surface area contributed by atoms with Crippen molar-refractivity contribution in [2.24, 2.45) is 0 Å². The first kappa shape index (κ1) is 18.0. The second-order valence-electron chi connectivity index (χ2n) is 5.82. The van der Waals surface area contributed by atoms with Crippen molar-refractivity contribution in [1.82, 2.24) is 4.72 Å². The number of nitrogens with one attached hydrogen (secondary N) is 1. The molecule has 1 unspecified atom stereocenters. The van der Waals surface area contributed by atoms with E-state index in [0.717, 1.165) is 21.9 Å². The molecule has 1 atom stereocenters. The van der Waals surface area contributed by atoms with E-state index < -0.39 is 0 Å². The van der Waals surface area contributed by atoms with Gasteiger partial charge in [0.05, 0.1) is 15.3 Å². The van der Waals surface area contributed by atoms with E-state index in [-0.39, 0.29) is 10.8 Å². The fourth-order valence-electron chi connectivity index (χ4n) is 1.89. The lowest BCUT2D eigenvalue weighted by atomic mass is 10.0. The SMILES string of the molecule is CC(C)(C)SNC(c1cccc(Br)c1)c1cc(C=O)sc1Cl. The molecule has 0 aliphatic heterocycles. The van der Waals surface area contributed by atoms with Gasteiger partial charge in [-0.25, -0.2) is 0 Å². The number of carbonyl (C=O) groups is 1. The number of aldehydes is 1. The highest BCUT2D eigenvalue weighted by molar-refractivity contribution is 9.10. The maximum atomic E-state index is 11.0. The average Bonchev–Trinajstić information content (AvgIpc) is 2.79. The van der Waals surface area contributed by atoms with E-state index in [0.29, 0.717) is 9.21 Å². The van der Waals surface area contributed by atoms with Gasteiger partial charge in [0.2, 0.25) is 0 Å².